The first kappa shape index (κ1) is 32.0. The van der Waals surface area contributed by atoms with Crippen LogP contribution in [0.2, 0.25) is 0 Å². The number of aliphatic hydroxyl groups is 1. The fourth-order valence-corrected chi connectivity index (χ4v) is 5.85. The number of amides is 1. The van der Waals surface area contributed by atoms with E-state index in [4.69, 9.17) is 14.2 Å². The van der Waals surface area contributed by atoms with Crippen LogP contribution in [0.4, 0.5) is 10.5 Å². The van der Waals surface area contributed by atoms with Crippen LogP contribution in [0.3, 0.4) is 0 Å². The summed E-state index contributed by atoms with van der Waals surface area (Å²) < 4.78 is 17.6. The monoisotopic (exact) mass is 583 g/mol. The van der Waals surface area contributed by atoms with Crippen molar-refractivity contribution in [2.75, 3.05) is 64.4 Å². The summed E-state index contributed by atoms with van der Waals surface area (Å²) in [5, 5.41) is 10.6. The number of aryl methyl sites for hydroxylation is 1. The normalized spacial score (nSPS) is 29.7. The Morgan fingerprint density at radius 1 is 1.02 bits per heavy atom. The van der Waals surface area contributed by atoms with Crippen LogP contribution in [0.15, 0.2) is 35.9 Å². The zero-order valence-corrected chi connectivity index (χ0v) is 26.0. The minimum Gasteiger partial charge on any atom is -0.457 e. The zero-order chi connectivity index (χ0) is 30.2. The molecule has 42 heavy (non-hydrogen) atoms. The van der Waals surface area contributed by atoms with Crippen molar-refractivity contribution < 1.29 is 28.9 Å². The lowest BCUT2D eigenvalue weighted by atomic mass is 9.91. The Hall–Kier alpha value is -2.88. The molecule has 1 aromatic carbocycles. The van der Waals surface area contributed by atoms with E-state index in [9.17, 15) is 14.7 Å². The number of likely N-dealkylation sites (N-methyl/N-ethyl adjacent to an activating group) is 1. The number of hydrogen-bond donors (Lipinski definition) is 1. The third-order valence-electron chi connectivity index (χ3n) is 8.56. The van der Waals surface area contributed by atoms with Crippen molar-refractivity contribution in [2.45, 2.75) is 65.3 Å². The lowest BCUT2D eigenvalue weighted by Gasteiger charge is -2.33. The van der Waals surface area contributed by atoms with Crippen molar-refractivity contribution in [2.24, 2.45) is 11.8 Å². The molecule has 0 aliphatic carbocycles. The average molecular weight is 584 g/mol. The van der Waals surface area contributed by atoms with E-state index in [-0.39, 0.29) is 24.3 Å². The lowest BCUT2D eigenvalue weighted by Crippen LogP contribution is -2.48. The summed E-state index contributed by atoms with van der Waals surface area (Å²) >= 11 is 0. The largest absolute Gasteiger partial charge is 0.457 e. The van der Waals surface area contributed by atoms with Crippen molar-refractivity contribution in [1.29, 1.82) is 0 Å². The van der Waals surface area contributed by atoms with Gasteiger partial charge >= 0.3 is 12.1 Å². The minimum atomic E-state index is -0.814. The minimum absolute atomic E-state index is 0.0176. The Labute approximate surface area is 251 Å². The van der Waals surface area contributed by atoms with Gasteiger partial charge in [0.2, 0.25) is 0 Å². The van der Waals surface area contributed by atoms with E-state index in [2.05, 4.69) is 48.0 Å². The molecule has 232 valence electrons. The van der Waals surface area contributed by atoms with Gasteiger partial charge in [0.25, 0.3) is 0 Å². The third kappa shape index (κ3) is 9.06. The number of esters is 1. The number of rotatable bonds is 4. The first-order valence-electron chi connectivity index (χ1n) is 15.4. The fraction of sp³-hybridized carbons (Fsp3) is 0.636. The molecule has 3 aliphatic heterocycles. The number of morpholine rings is 1. The van der Waals surface area contributed by atoms with Crippen LogP contribution in [0.25, 0.3) is 6.08 Å². The van der Waals surface area contributed by atoms with Gasteiger partial charge in [-0.25, -0.2) is 4.79 Å². The van der Waals surface area contributed by atoms with E-state index < -0.39 is 24.3 Å². The molecule has 0 bridgehead atoms. The molecule has 0 saturated carbocycles. The molecule has 0 aromatic heterocycles. The number of ether oxygens (including phenoxy) is 3. The Bertz CT molecular complexity index is 1120. The molecule has 5 atom stereocenters. The summed E-state index contributed by atoms with van der Waals surface area (Å²) in [6.45, 7) is 14.2. The molecule has 9 heteroatoms. The van der Waals surface area contributed by atoms with Gasteiger partial charge in [-0.3, -0.25) is 4.79 Å². The summed E-state index contributed by atoms with van der Waals surface area (Å²) in [6.07, 6.45) is 4.90. The number of anilines is 1. The molecule has 9 nitrogen and oxygen atoms in total. The Morgan fingerprint density at radius 3 is 2.45 bits per heavy atom. The quantitative estimate of drug-likeness (QED) is 0.415. The predicted octanol–water partition coefficient (Wildman–Crippen LogP) is 4.27. The molecule has 0 unspecified atom stereocenters. The number of carbonyl (C=O) groups excluding carboxylic acids is 2. The summed E-state index contributed by atoms with van der Waals surface area (Å²) in [5.41, 5.74) is 4.26. The summed E-state index contributed by atoms with van der Waals surface area (Å²) in [4.78, 5) is 32.2. The maximum atomic E-state index is 13.0. The molecule has 2 fully saturated rings. The number of cyclic esters (lactones) is 1. The van der Waals surface area contributed by atoms with Crippen LogP contribution in [-0.4, -0.2) is 105 Å². The van der Waals surface area contributed by atoms with Gasteiger partial charge in [0.1, 0.15) is 12.2 Å². The van der Waals surface area contributed by atoms with Gasteiger partial charge in [0.05, 0.1) is 25.7 Å². The Balaban J connectivity index is 1.56. The van der Waals surface area contributed by atoms with Crippen molar-refractivity contribution in [3.05, 3.63) is 47.1 Å². The Kier molecular flexibility index (Phi) is 11.5. The molecule has 2 saturated heterocycles. The van der Waals surface area contributed by atoms with E-state index in [1.54, 1.807) is 4.90 Å². The first-order chi connectivity index (χ1) is 20.1. The highest BCUT2D eigenvalue weighted by Gasteiger charge is 2.29. The number of carbonyl (C=O) groups is 2. The molecule has 4 rings (SSSR count). The van der Waals surface area contributed by atoms with Crippen LogP contribution in [0, 0.1) is 18.8 Å². The first-order valence-corrected chi connectivity index (χ1v) is 15.4. The standard InChI is InChI=1S/C33H49N3O6/c1-23-18-27(21-28(19-23)35-14-16-40-17-15-35)20-26(4)32-25(3)7-9-30(24(2)6-8-29(37)22-31(38)42-32)41-33(39)36-12-10-34(5)11-13-36/h7,9,18-21,24-25,29-30,32,37H,6,8,10-17,22H2,1-5H3/b9-7-,26-20+/t24-,25-,29+,30-,32-/m0/s1. The third-order valence-corrected chi connectivity index (χ3v) is 8.56. The number of hydrogen-bond acceptors (Lipinski definition) is 8. The van der Waals surface area contributed by atoms with Gasteiger partial charge in [0.15, 0.2) is 0 Å². The number of benzene rings is 1. The van der Waals surface area contributed by atoms with Gasteiger partial charge in [0, 0.05) is 50.9 Å². The molecule has 1 amide bonds. The van der Waals surface area contributed by atoms with E-state index >= 15 is 0 Å². The lowest BCUT2D eigenvalue weighted by molar-refractivity contribution is -0.151. The van der Waals surface area contributed by atoms with Crippen molar-refractivity contribution >= 4 is 23.8 Å². The fourth-order valence-electron chi connectivity index (χ4n) is 5.85. The summed E-state index contributed by atoms with van der Waals surface area (Å²) in [5.74, 6) is -0.608. The van der Waals surface area contributed by atoms with Gasteiger partial charge in [-0.15, -0.1) is 0 Å². The van der Waals surface area contributed by atoms with Crippen LogP contribution in [-0.2, 0) is 19.0 Å². The van der Waals surface area contributed by atoms with E-state index in [0.29, 0.717) is 25.9 Å². The summed E-state index contributed by atoms with van der Waals surface area (Å²) in [7, 11) is 2.05. The highest BCUT2D eigenvalue weighted by molar-refractivity contribution is 5.71. The smallest absolute Gasteiger partial charge is 0.410 e. The van der Waals surface area contributed by atoms with Crippen LogP contribution in [0.1, 0.15) is 51.2 Å². The maximum absolute atomic E-state index is 13.0. The molecule has 0 spiro atoms. The van der Waals surface area contributed by atoms with E-state index in [0.717, 1.165) is 61.8 Å². The van der Waals surface area contributed by atoms with E-state index in [1.165, 1.54) is 0 Å². The van der Waals surface area contributed by atoms with Gasteiger partial charge in [-0.05, 0) is 74.6 Å². The van der Waals surface area contributed by atoms with Crippen molar-refractivity contribution in [3.63, 3.8) is 0 Å². The highest BCUT2D eigenvalue weighted by atomic mass is 16.6. The average Bonchev–Trinajstić information content (AvgIpc) is 2.96. The molecule has 1 aromatic rings. The zero-order valence-electron chi connectivity index (χ0n) is 26.0. The number of piperazine rings is 1. The predicted molar refractivity (Wildman–Crippen MR) is 164 cm³/mol. The molecule has 1 N–H and O–H groups in total. The topological polar surface area (TPSA) is 91.8 Å². The van der Waals surface area contributed by atoms with E-state index in [1.807, 2.05) is 32.9 Å². The SMILES string of the molecule is C/C(=C\c1cc(C)cc(N2CCOCC2)c1)[C@H]1OC(=O)C[C@H](O)CC[C@H](C)[C@@H](OC(=O)N2CCN(C)CC2)/C=C\[C@@H]1C. The van der Waals surface area contributed by atoms with Crippen LogP contribution >= 0.6 is 0 Å². The van der Waals surface area contributed by atoms with Crippen LogP contribution < -0.4 is 4.90 Å². The number of aliphatic hydroxyl groups excluding tert-OH is 1. The van der Waals surface area contributed by atoms with Crippen molar-refractivity contribution in [1.82, 2.24) is 9.80 Å². The van der Waals surface area contributed by atoms with Gasteiger partial charge in [-0.2, -0.15) is 0 Å². The Morgan fingerprint density at radius 2 is 1.74 bits per heavy atom. The van der Waals surface area contributed by atoms with Gasteiger partial charge in [-0.1, -0.05) is 32.1 Å². The summed E-state index contributed by atoms with van der Waals surface area (Å²) in [6, 6.07) is 6.48. The van der Waals surface area contributed by atoms with Crippen LogP contribution in [0.5, 0.6) is 0 Å². The van der Waals surface area contributed by atoms with Gasteiger partial charge < -0.3 is 34.0 Å². The molecular formula is C33H49N3O6. The second-order valence-electron chi connectivity index (χ2n) is 12.3. The number of nitrogens with zero attached hydrogens (tertiary/aromatic N) is 3. The molecule has 0 radical (unpaired) electrons. The second kappa shape index (κ2) is 15.0. The second-order valence-corrected chi connectivity index (χ2v) is 12.3. The maximum Gasteiger partial charge on any atom is 0.410 e. The van der Waals surface area contributed by atoms with Crippen molar-refractivity contribution in [3.8, 4) is 0 Å². The molecular weight excluding hydrogens is 534 g/mol. The highest BCUT2D eigenvalue weighted by Crippen LogP contribution is 2.27. The molecule has 3 aliphatic rings. The molecule has 3 heterocycles.